The van der Waals surface area contributed by atoms with Crippen molar-refractivity contribution in [3.05, 3.63) is 59.8 Å². The number of aliphatic imine (C=N–C) groups is 1. The number of hydrogen-bond donors (Lipinski definition) is 3. The van der Waals surface area contributed by atoms with Crippen LogP contribution in [0.3, 0.4) is 0 Å². The van der Waals surface area contributed by atoms with Gasteiger partial charge in [0.1, 0.15) is 0 Å². The monoisotopic (exact) mass is 380 g/mol. The molecule has 2 aromatic carbocycles. The van der Waals surface area contributed by atoms with Gasteiger partial charge in [-0.15, -0.1) is 0 Å². The zero-order chi connectivity index (χ0) is 19.8. The standard InChI is InChI=1S/C22H28N4O2/c1-4-23-22(26-14-16-9-10-20(27-2)21(13-16)28-3)24-12-11-17-15-25-19-8-6-5-7-18(17)19/h5-10,13,15,25H,4,11-12,14H2,1-3H3,(H2,23,24,26). The summed E-state index contributed by atoms with van der Waals surface area (Å²) in [5.41, 5.74) is 3.54. The quantitative estimate of drug-likeness (QED) is 0.413. The van der Waals surface area contributed by atoms with Crippen molar-refractivity contribution in [3.63, 3.8) is 0 Å². The predicted octanol–water partition coefficient (Wildman–Crippen LogP) is 3.48. The van der Waals surface area contributed by atoms with E-state index < -0.39 is 0 Å². The third kappa shape index (κ3) is 4.76. The van der Waals surface area contributed by atoms with Crippen LogP contribution in [0.25, 0.3) is 10.9 Å². The highest BCUT2D eigenvalue weighted by Gasteiger charge is 2.06. The molecule has 6 nitrogen and oxygen atoms in total. The van der Waals surface area contributed by atoms with Gasteiger partial charge in [-0.3, -0.25) is 0 Å². The van der Waals surface area contributed by atoms with Crippen LogP contribution in [0.15, 0.2) is 53.7 Å². The number of aromatic nitrogens is 1. The topological polar surface area (TPSA) is 70.7 Å². The first-order valence-electron chi connectivity index (χ1n) is 9.53. The number of nitrogens with zero attached hydrogens (tertiary/aromatic N) is 1. The summed E-state index contributed by atoms with van der Waals surface area (Å²) >= 11 is 0. The number of guanidine groups is 1. The molecule has 6 heteroatoms. The zero-order valence-corrected chi connectivity index (χ0v) is 16.7. The van der Waals surface area contributed by atoms with E-state index in [1.807, 2.05) is 24.3 Å². The normalized spacial score (nSPS) is 11.5. The van der Waals surface area contributed by atoms with Crippen LogP contribution in [0.1, 0.15) is 18.1 Å². The Hall–Kier alpha value is -3.15. The number of ether oxygens (including phenoxy) is 2. The fraction of sp³-hybridized carbons (Fsp3) is 0.318. The SMILES string of the molecule is CCNC(=NCc1ccc(OC)c(OC)c1)NCCc1c[nH]c2ccccc12. The minimum Gasteiger partial charge on any atom is -0.493 e. The van der Waals surface area contributed by atoms with Crippen LogP contribution in [0.2, 0.25) is 0 Å². The van der Waals surface area contributed by atoms with E-state index in [9.17, 15) is 0 Å². The third-order valence-corrected chi connectivity index (χ3v) is 4.57. The van der Waals surface area contributed by atoms with Crippen LogP contribution < -0.4 is 20.1 Å². The zero-order valence-electron chi connectivity index (χ0n) is 16.7. The predicted molar refractivity (Wildman–Crippen MR) is 114 cm³/mol. The van der Waals surface area contributed by atoms with Gasteiger partial charge in [0.25, 0.3) is 0 Å². The summed E-state index contributed by atoms with van der Waals surface area (Å²) in [5, 5.41) is 7.99. The first-order chi connectivity index (χ1) is 13.7. The van der Waals surface area contributed by atoms with Gasteiger partial charge in [0.15, 0.2) is 17.5 Å². The Morgan fingerprint density at radius 1 is 1.04 bits per heavy atom. The lowest BCUT2D eigenvalue weighted by molar-refractivity contribution is 0.354. The van der Waals surface area contributed by atoms with E-state index in [2.05, 4.69) is 51.9 Å². The molecule has 3 rings (SSSR count). The number of fused-ring (bicyclic) bond motifs is 1. The lowest BCUT2D eigenvalue weighted by Crippen LogP contribution is -2.38. The van der Waals surface area contributed by atoms with Gasteiger partial charge >= 0.3 is 0 Å². The molecule has 0 aliphatic heterocycles. The van der Waals surface area contributed by atoms with E-state index in [0.717, 1.165) is 36.8 Å². The van der Waals surface area contributed by atoms with Crippen molar-refractivity contribution in [1.29, 1.82) is 0 Å². The lowest BCUT2D eigenvalue weighted by Gasteiger charge is -2.12. The average molecular weight is 380 g/mol. The van der Waals surface area contributed by atoms with Crippen molar-refractivity contribution < 1.29 is 9.47 Å². The summed E-state index contributed by atoms with van der Waals surface area (Å²) in [6, 6.07) is 14.2. The maximum atomic E-state index is 5.36. The van der Waals surface area contributed by atoms with Crippen molar-refractivity contribution in [3.8, 4) is 11.5 Å². The first kappa shape index (κ1) is 19.6. The summed E-state index contributed by atoms with van der Waals surface area (Å²) < 4.78 is 10.7. The molecule has 0 spiro atoms. The molecule has 0 atom stereocenters. The van der Waals surface area contributed by atoms with E-state index in [-0.39, 0.29) is 0 Å². The van der Waals surface area contributed by atoms with Gasteiger partial charge < -0.3 is 25.1 Å². The largest absolute Gasteiger partial charge is 0.493 e. The fourth-order valence-electron chi connectivity index (χ4n) is 3.15. The second-order valence-electron chi connectivity index (χ2n) is 6.42. The smallest absolute Gasteiger partial charge is 0.191 e. The van der Waals surface area contributed by atoms with E-state index in [1.165, 1.54) is 16.5 Å². The number of aromatic amines is 1. The molecule has 3 aromatic rings. The minimum absolute atomic E-state index is 0.558. The number of benzene rings is 2. The summed E-state index contributed by atoms with van der Waals surface area (Å²) in [7, 11) is 3.28. The second kappa shape index (κ2) is 9.69. The van der Waals surface area contributed by atoms with Crippen molar-refractivity contribution in [2.75, 3.05) is 27.3 Å². The van der Waals surface area contributed by atoms with Crippen molar-refractivity contribution >= 4 is 16.9 Å². The number of hydrogen-bond acceptors (Lipinski definition) is 3. The minimum atomic E-state index is 0.558. The van der Waals surface area contributed by atoms with Crippen LogP contribution in [0, 0.1) is 0 Å². The summed E-state index contributed by atoms with van der Waals surface area (Å²) in [6.07, 6.45) is 3.00. The number of methoxy groups -OCH3 is 2. The van der Waals surface area contributed by atoms with Crippen molar-refractivity contribution in [2.24, 2.45) is 4.99 Å². The molecule has 28 heavy (non-hydrogen) atoms. The molecule has 0 saturated heterocycles. The molecule has 0 unspecified atom stereocenters. The molecule has 0 radical (unpaired) electrons. The molecular weight excluding hydrogens is 352 g/mol. The summed E-state index contributed by atoms with van der Waals surface area (Å²) in [6.45, 7) is 4.24. The molecular formula is C22H28N4O2. The second-order valence-corrected chi connectivity index (χ2v) is 6.42. The molecule has 1 aromatic heterocycles. The highest BCUT2D eigenvalue weighted by atomic mass is 16.5. The molecule has 0 aliphatic carbocycles. The lowest BCUT2D eigenvalue weighted by atomic mass is 10.1. The molecule has 0 aliphatic rings. The Bertz CT molecular complexity index is 933. The maximum absolute atomic E-state index is 5.36. The van der Waals surface area contributed by atoms with Gasteiger partial charge in [-0.25, -0.2) is 4.99 Å². The van der Waals surface area contributed by atoms with Crippen LogP contribution in [-0.4, -0.2) is 38.3 Å². The molecule has 0 amide bonds. The molecule has 148 valence electrons. The Labute approximate surface area is 166 Å². The van der Waals surface area contributed by atoms with Crippen molar-refractivity contribution in [1.82, 2.24) is 15.6 Å². The van der Waals surface area contributed by atoms with Gasteiger partial charge in [-0.2, -0.15) is 0 Å². The molecule has 3 N–H and O–H groups in total. The molecule has 0 bridgehead atoms. The van der Waals surface area contributed by atoms with Gasteiger partial charge in [-0.1, -0.05) is 24.3 Å². The highest BCUT2D eigenvalue weighted by Crippen LogP contribution is 2.27. The van der Waals surface area contributed by atoms with E-state index in [0.29, 0.717) is 12.3 Å². The molecule has 0 saturated carbocycles. The van der Waals surface area contributed by atoms with E-state index in [1.54, 1.807) is 14.2 Å². The van der Waals surface area contributed by atoms with E-state index in [4.69, 9.17) is 9.47 Å². The Morgan fingerprint density at radius 3 is 2.64 bits per heavy atom. The number of H-pyrrole nitrogens is 1. The van der Waals surface area contributed by atoms with Gasteiger partial charge in [0.05, 0.1) is 20.8 Å². The highest BCUT2D eigenvalue weighted by molar-refractivity contribution is 5.83. The third-order valence-electron chi connectivity index (χ3n) is 4.57. The molecule has 0 fully saturated rings. The number of para-hydroxylation sites is 1. The van der Waals surface area contributed by atoms with Gasteiger partial charge in [-0.05, 0) is 42.7 Å². The van der Waals surface area contributed by atoms with Crippen LogP contribution >= 0.6 is 0 Å². The van der Waals surface area contributed by atoms with Crippen LogP contribution in [-0.2, 0) is 13.0 Å². The number of rotatable bonds is 8. The summed E-state index contributed by atoms with van der Waals surface area (Å²) in [4.78, 5) is 8.01. The van der Waals surface area contributed by atoms with Gasteiger partial charge in [0.2, 0.25) is 0 Å². The van der Waals surface area contributed by atoms with Crippen LogP contribution in [0.4, 0.5) is 0 Å². The molecule has 1 heterocycles. The number of nitrogens with one attached hydrogen (secondary N) is 3. The van der Waals surface area contributed by atoms with Crippen LogP contribution in [0.5, 0.6) is 11.5 Å². The van der Waals surface area contributed by atoms with Crippen molar-refractivity contribution in [2.45, 2.75) is 19.9 Å². The fourth-order valence-corrected chi connectivity index (χ4v) is 3.15. The van der Waals surface area contributed by atoms with Gasteiger partial charge in [0, 0.05) is 30.2 Å². The Balaban J connectivity index is 1.61. The average Bonchev–Trinajstić information content (AvgIpc) is 3.15. The Kier molecular flexibility index (Phi) is 6.78. The van der Waals surface area contributed by atoms with E-state index >= 15 is 0 Å². The Morgan fingerprint density at radius 2 is 1.86 bits per heavy atom. The summed E-state index contributed by atoms with van der Waals surface area (Å²) in [5.74, 6) is 2.24. The first-order valence-corrected chi connectivity index (χ1v) is 9.53. The maximum Gasteiger partial charge on any atom is 0.191 e.